The molecule has 0 aromatic rings. The lowest BCUT2D eigenvalue weighted by atomic mass is 9.95. The van der Waals surface area contributed by atoms with Crippen molar-refractivity contribution >= 4 is 9.52 Å². The van der Waals surface area contributed by atoms with Gasteiger partial charge in [0.15, 0.2) is 0 Å². The molecule has 0 aliphatic carbocycles. The Morgan fingerprint density at radius 2 is 1.00 bits per heavy atom. The summed E-state index contributed by atoms with van der Waals surface area (Å²) in [5, 5.41) is 0. The van der Waals surface area contributed by atoms with Crippen molar-refractivity contribution in [3.8, 4) is 0 Å². The minimum absolute atomic E-state index is 0.0503. The molecule has 0 rings (SSSR count). The van der Waals surface area contributed by atoms with Crippen molar-refractivity contribution in [1.29, 1.82) is 0 Å². The molecule has 0 aliphatic rings. The van der Waals surface area contributed by atoms with Gasteiger partial charge in [0.1, 0.15) is 9.52 Å². The van der Waals surface area contributed by atoms with Crippen LogP contribution in [-0.4, -0.2) is 44.9 Å². The predicted molar refractivity (Wildman–Crippen MR) is 86.8 cm³/mol. The second kappa shape index (κ2) is 10.3. The highest BCUT2D eigenvalue weighted by Gasteiger charge is 2.85. The van der Waals surface area contributed by atoms with Crippen LogP contribution in [0.5, 0.6) is 0 Å². The maximum atomic E-state index is 13.7. The van der Waals surface area contributed by atoms with E-state index in [9.17, 15) is 57.1 Å². The van der Waals surface area contributed by atoms with E-state index in [4.69, 9.17) is 0 Å². The molecule has 0 fully saturated rings. The summed E-state index contributed by atoms with van der Waals surface area (Å²) in [5.41, 5.74) is -5.65. The molecule has 0 aromatic carbocycles. The Balaban J connectivity index is 5.30. The van der Waals surface area contributed by atoms with E-state index < -0.39 is 63.8 Å². The molecular formula is C16H23F13Si. The lowest BCUT2D eigenvalue weighted by molar-refractivity contribution is -0.392. The molecule has 14 heteroatoms. The minimum atomic E-state index is -7.27. The van der Waals surface area contributed by atoms with Gasteiger partial charge in [-0.05, 0) is 0 Å². The Morgan fingerprint density at radius 1 is 0.533 bits per heavy atom. The van der Waals surface area contributed by atoms with Crippen molar-refractivity contribution in [3.63, 3.8) is 0 Å². The summed E-state index contributed by atoms with van der Waals surface area (Å²) in [7, 11) is -3.44. The van der Waals surface area contributed by atoms with Gasteiger partial charge in [0, 0.05) is 12.8 Å². The summed E-state index contributed by atoms with van der Waals surface area (Å²) >= 11 is 0. The van der Waals surface area contributed by atoms with Crippen LogP contribution in [0.1, 0.15) is 58.3 Å². The molecule has 0 N–H and O–H groups in total. The zero-order valence-electron chi connectivity index (χ0n) is 16.0. The fourth-order valence-corrected chi connectivity index (χ4v) is 4.16. The Hall–Kier alpha value is -0.693. The van der Waals surface area contributed by atoms with Crippen LogP contribution in [0, 0.1) is 0 Å². The molecular weight excluding hydrogens is 467 g/mol. The fraction of sp³-hybridized carbons (Fsp3) is 1.00. The van der Waals surface area contributed by atoms with Crippen LogP contribution >= 0.6 is 0 Å². The molecule has 0 nitrogen and oxygen atoms in total. The third kappa shape index (κ3) is 6.91. The smallest absolute Gasteiger partial charge is 0.206 e. The molecule has 0 bridgehead atoms. The van der Waals surface area contributed by atoms with Crippen LogP contribution < -0.4 is 0 Å². The molecule has 0 atom stereocenters. The van der Waals surface area contributed by atoms with Gasteiger partial charge in [-0.25, -0.2) is 8.78 Å². The predicted octanol–water partition coefficient (Wildman–Crippen LogP) is 7.41. The Kier molecular flexibility index (Phi) is 10.0. The molecule has 0 saturated carbocycles. The molecule has 0 aromatic heterocycles. The highest BCUT2D eigenvalue weighted by atomic mass is 28.2. The Morgan fingerprint density at radius 3 is 1.47 bits per heavy atom. The number of unbranched alkanes of at least 4 members (excludes halogenated alkanes) is 5. The largest absolute Gasteiger partial charge is 0.389 e. The molecule has 0 unspecified atom stereocenters. The molecule has 0 spiro atoms. The van der Waals surface area contributed by atoms with E-state index in [1.165, 1.54) is 0 Å². The van der Waals surface area contributed by atoms with Crippen molar-refractivity contribution in [2.24, 2.45) is 0 Å². The van der Waals surface area contributed by atoms with Crippen LogP contribution in [0.2, 0.25) is 6.04 Å². The van der Waals surface area contributed by atoms with Gasteiger partial charge in [0.25, 0.3) is 5.55 Å². The number of alkyl halides is 13. The monoisotopic (exact) mass is 490 g/mol. The van der Waals surface area contributed by atoms with Crippen LogP contribution in [0.15, 0.2) is 0 Å². The summed E-state index contributed by atoms with van der Waals surface area (Å²) in [5.74, 6) is -27.6. The number of hydrogen-bond acceptors (Lipinski definition) is 0. The summed E-state index contributed by atoms with van der Waals surface area (Å²) in [4.78, 5) is 0. The van der Waals surface area contributed by atoms with Gasteiger partial charge in [0.2, 0.25) is 0 Å². The normalized spacial score (nSPS) is 15.4. The van der Waals surface area contributed by atoms with E-state index in [1.807, 2.05) is 6.92 Å². The van der Waals surface area contributed by atoms with Crippen LogP contribution in [0.3, 0.4) is 0 Å². The van der Waals surface area contributed by atoms with Crippen LogP contribution in [-0.2, 0) is 0 Å². The van der Waals surface area contributed by atoms with Crippen LogP contribution in [0.25, 0.3) is 0 Å². The first-order valence-corrected chi connectivity index (χ1v) is 10.9. The maximum Gasteiger partial charge on any atom is 0.389 e. The minimum Gasteiger partial charge on any atom is -0.206 e. The SMILES string of the molecule is CCCCCCCC[SiH2]C(F)(F)C(F)(F)C(F)(F)C(F)(F)C(F)(F)CCC(F)(F)F. The van der Waals surface area contributed by atoms with Gasteiger partial charge in [0.05, 0.1) is 0 Å². The summed E-state index contributed by atoms with van der Waals surface area (Å²) in [6, 6.07) is -0.624. The van der Waals surface area contributed by atoms with E-state index in [2.05, 4.69) is 0 Å². The van der Waals surface area contributed by atoms with Crippen molar-refractivity contribution in [2.45, 2.75) is 99.7 Å². The van der Waals surface area contributed by atoms with Gasteiger partial charge in [-0.15, -0.1) is 0 Å². The number of hydrogen-bond donors (Lipinski definition) is 0. The molecule has 0 saturated heterocycles. The van der Waals surface area contributed by atoms with Crippen molar-refractivity contribution in [3.05, 3.63) is 0 Å². The van der Waals surface area contributed by atoms with E-state index in [0.29, 0.717) is 12.8 Å². The van der Waals surface area contributed by atoms with Gasteiger partial charge in [-0.3, -0.25) is 0 Å². The molecule has 0 heterocycles. The first-order valence-electron chi connectivity index (χ1n) is 9.22. The zero-order chi connectivity index (χ0) is 24.1. The topological polar surface area (TPSA) is 0 Å². The quantitative estimate of drug-likeness (QED) is 0.135. The summed E-state index contributed by atoms with van der Waals surface area (Å²) in [6.45, 7) is 1.89. The lowest BCUT2D eigenvalue weighted by Crippen LogP contribution is -2.68. The zero-order valence-corrected chi connectivity index (χ0v) is 17.4. The van der Waals surface area contributed by atoms with Gasteiger partial charge in [-0.1, -0.05) is 51.5 Å². The van der Waals surface area contributed by atoms with Crippen LogP contribution in [0.4, 0.5) is 57.1 Å². The molecule has 0 aliphatic heterocycles. The second-order valence-corrected chi connectivity index (χ2v) is 9.21. The van der Waals surface area contributed by atoms with Crippen molar-refractivity contribution in [1.82, 2.24) is 0 Å². The summed E-state index contributed by atoms with van der Waals surface area (Å²) in [6.07, 6.45) is -7.90. The fourth-order valence-electron chi connectivity index (χ4n) is 2.57. The highest BCUT2D eigenvalue weighted by molar-refractivity contribution is 6.39. The standard InChI is InChI=1S/C16H23F13Si/c1-2-3-4-5-6-7-10-30-16(28,29)15(26,27)14(24,25)13(22,23)11(17,18)8-9-12(19,20)21/h2-10,30H2,1H3. The average Bonchev–Trinajstić information content (AvgIpc) is 2.58. The van der Waals surface area contributed by atoms with Gasteiger partial charge >= 0.3 is 29.9 Å². The molecule has 182 valence electrons. The van der Waals surface area contributed by atoms with E-state index in [-0.39, 0.29) is 6.42 Å². The van der Waals surface area contributed by atoms with E-state index in [1.54, 1.807) is 0 Å². The van der Waals surface area contributed by atoms with Gasteiger partial charge < -0.3 is 0 Å². The number of rotatable bonds is 14. The third-order valence-corrected chi connectivity index (χ3v) is 6.45. The maximum absolute atomic E-state index is 13.7. The lowest BCUT2D eigenvalue weighted by Gasteiger charge is -2.39. The molecule has 0 radical (unpaired) electrons. The van der Waals surface area contributed by atoms with Crippen molar-refractivity contribution < 1.29 is 57.1 Å². The second-order valence-electron chi connectivity index (χ2n) is 7.12. The molecule has 30 heavy (non-hydrogen) atoms. The summed E-state index contributed by atoms with van der Waals surface area (Å²) < 4.78 is 171. The Labute approximate surface area is 167 Å². The third-order valence-electron chi connectivity index (χ3n) is 4.52. The average molecular weight is 490 g/mol. The first-order chi connectivity index (χ1) is 13.3. The Bertz CT molecular complexity index is 514. The first kappa shape index (κ1) is 29.3. The van der Waals surface area contributed by atoms with E-state index in [0.717, 1.165) is 19.3 Å². The van der Waals surface area contributed by atoms with Crippen molar-refractivity contribution in [2.75, 3.05) is 0 Å². The number of halogens is 13. The van der Waals surface area contributed by atoms with E-state index >= 15 is 0 Å². The van der Waals surface area contributed by atoms with Gasteiger partial charge in [-0.2, -0.15) is 48.3 Å². The highest BCUT2D eigenvalue weighted by Crippen LogP contribution is 2.58. The molecule has 0 amide bonds.